The molecule has 0 radical (unpaired) electrons. The zero-order valence-electron chi connectivity index (χ0n) is 12.3. The van der Waals surface area contributed by atoms with E-state index in [0.717, 1.165) is 38.5 Å². The van der Waals surface area contributed by atoms with Crippen LogP contribution in [0.4, 0.5) is 0 Å². The molecule has 1 saturated heterocycles. The minimum Gasteiger partial charge on any atom is -0.396 e. The summed E-state index contributed by atoms with van der Waals surface area (Å²) in [5, 5.41) is 9.22. The van der Waals surface area contributed by atoms with Crippen molar-refractivity contribution in [3.63, 3.8) is 0 Å². The molecule has 6 heteroatoms. The van der Waals surface area contributed by atoms with Crippen LogP contribution < -0.4 is 4.72 Å². The van der Waals surface area contributed by atoms with Gasteiger partial charge in [-0.2, -0.15) is 17.4 Å². The van der Waals surface area contributed by atoms with Gasteiger partial charge in [0.2, 0.25) is 0 Å². The molecule has 2 aliphatic rings. The first-order valence-corrected chi connectivity index (χ1v) is 9.44. The van der Waals surface area contributed by atoms with Crippen LogP contribution in [0.2, 0.25) is 0 Å². The van der Waals surface area contributed by atoms with Crippen LogP contribution in [0.1, 0.15) is 57.8 Å². The summed E-state index contributed by atoms with van der Waals surface area (Å²) in [6, 6.07) is 0.0924. The van der Waals surface area contributed by atoms with Crippen molar-refractivity contribution in [2.45, 2.75) is 63.8 Å². The van der Waals surface area contributed by atoms with E-state index in [1.165, 1.54) is 23.6 Å². The van der Waals surface area contributed by atoms with Gasteiger partial charge < -0.3 is 5.11 Å². The number of aliphatic hydroxyl groups excluding tert-OH is 1. The molecule has 1 aliphatic carbocycles. The standard InChI is InChI=1S/C14H28N2O3S/c17-12-13-7-6-10-16(11-13)20(18,19)15-14-8-4-2-1-3-5-9-14/h13-15,17H,1-12H2. The summed E-state index contributed by atoms with van der Waals surface area (Å²) >= 11 is 0. The van der Waals surface area contributed by atoms with E-state index in [9.17, 15) is 13.5 Å². The molecule has 0 spiro atoms. The van der Waals surface area contributed by atoms with E-state index >= 15 is 0 Å². The van der Waals surface area contributed by atoms with E-state index in [2.05, 4.69) is 4.72 Å². The molecular weight excluding hydrogens is 276 g/mol. The van der Waals surface area contributed by atoms with Crippen LogP contribution in [0.3, 0.4) is 0 Å². The third kappa shape index (κ3) is 4.69. The first kappa shape index (κ1) is 16.2. The van der Waals surface area contributed by atoms with Gasteiger partial charge in [0.15, 0.2) is 0 Å². The zero-order chi connectivity index (χ0) is 14.4. The van der Waals surface area contributed by atoms with E-state index in [1.807, 2.05) is 0 Å². The first-order valence-electron chi connectivity index (χ1n) is 8.00. The summed E-state index contributed by atoms with van der Waals surface area (Å²) in [5.41, 5.74) is 0. The second-order valence-electron chi connectivity index (χ2n) is 6.21. The number of aliphatic hydroxyl groups is 1. The Hall–Kier alpha value is -0.170. The van der Waals surface area contributed by atoms with Gasteiger partial charge >= 0.3 is 0 Å². The predicted octanol–water partition coefficient (Wildman–Crippen LogP) is 1.64. The Morgan fingerprint density at radius 3 is 2.30 bits per heavy atom. The molecule has 1 aliphatic heterocycles. The monoisotopic (exact) mass is 304 g/mol. The van der Waals surface area contributed by atoms with E-state index in [4.69, 9.17) is 0 Å². The van der Waals surface area contributed by atoms with Gasteiger partial charge in [0.25, 0.3) is 10.2 Å². The number of nitrogens with zero attached hydrogens (tertiary/aromatic N) is 1. The van der Waals surface area contributed by atoms with Crippen LogP contribution >= 0.6 is 0 Å². The van der Waals surface area contributed by atoms with Crippen molar-refractivity contribution in [3.05, 3.63) is 0 Å². The largest absolute Gasteiger partial charge is 0.396 e. The lowest BCUT2D eigenvalue weighted by Crippen LogP contribution is -2.49. The van der Waals surface area contributed by atoms with Crippen molar-refractivity contribution in [2.24, 2.45) is 5.92 Å². The zero-order valence-corrected chi connectivity index (χ0v) is 13.1. The Morgan fingerprint density at radius 2 is 1.65 bits per heavy atom. The van der Waals surface area contributed by atoms with Crippen molar-refractivity contribution in [2.75, 3.05) is 19.7 Å². The number of nitrogens with one attached hydrogen (secondary N) is 1. The molecule has 1 unspecified atom stereocenters. The van der Waals surface area contributed by atoms with E-state index in [1.54, 1.807) is 0 Å². The number of hydrogen-bond donors (Lipinski definition) is 2. The highest BCUT2D eigenvalue weighted by molar-refractivity contribution is 7.87. The molecule has 1 heterocycles. The predicted molar refractivity (Wildman–Crippen MR) is 79.5 cm³/mol. The van der Waals surface area contributed by atoms with Gasteiger partial charge in [-0.25, -0.2) is 0 Å². The maximum absolute atomic E-state index is 12.4. The minimum atomic E-state index is -3.38. The molecule has 5 nitrogen and oxygen atoms in total. The molecule has 1 saturated carbocycles. The molecule has 20 heavy (non-hydrogen) atoms. The van der Waals surface area contributed by atoms with Gasteiger partial charge in [0.05, 0.1) is 0 Å². The SMILES string of the molecule is O=S(=O)(NC1CCCCCCC1)N1CCCC(CO)C1. The van der Waals surface area contributed by atoms with E-state index in [0.29, 0.717) is 13.1 Å². The van der Waals surface area contributed by atoms with Crippen molar-refractivity contribution in [3.8, 4) is 0 Å². The Balaban J connectivity index is 1.91. The lowest BCUT2D eigenvalue weighted by molar-refractivity contribution is 0.164. The number of rotatable bonds is 4. The average Bonchev–Trinajstić information content (AvgIpc) is 2.42. The lowest BCUT2D eigenvalue weighted by Gasteiger charge is -2.32. The quantitative estimate of drug-likeness (QED) is 0.829. The normalized spacial score (nSPS) is 27.9. The van der Waals surface area contributed by atoms with Crippen LogP contribution in [0, 0.1) is 5.92 Å². The molecule has 0 aromatic rings. The average molecular weight is 304 g/mol. The highest BCUT2D eigenvalue weighted by atomic mass is 32.2. The fraction of sp³-hybridized carbons (Fsp3) is 1.00. The van der Waals surface area contributed by atoms with Crippen LogP contribution in [0.5, 0.6) is 0 Å². The topological polar surface area (TPSA) is 69.6 Å². The Morgan fingerprint density at radius 1 is 1.00 bits per heavy atom. The molecule has 0 amide bonds. The first-order chi connectivity index (χ1) is 9.62. The summed E-state index contributed by atoms with van der Waals surface area (Å²) in [4.78, 5) is 0. The van der Waals surface area contributed by atoms with Gasteiger partial charge in [0, 0.05) is 25.7 Å². The number of piperidine rings is 1. The molecular formula is C14H28N2O3S. The molecule has 0 aromatic heterocycles. The lowest BCUT2D eigenvalue weighted by atomic mass is 9.97. The Bertz CT molecular complexity index is 378. The van der Waals surface area contributed by atoms with Crippen molar-refractivity contribution in [1.82, 2.24) is 9.03 Å². The summed E-state index contributed by atoms with van der Waals surface area (Å²) in [5.74, 6) is 0.0951. The van der Waals surface area contributed by atoms with Gasteiger partial charge in [-0.15, -0.1) is 0 Å². The minimum absolute atomic E-state index is 0.0788. The Labute approximate surface area is 122 Å². The molecule has 0 aromatic carbocycles. The second kappa shape index (κ2) is 7.73. The summed E-state index contributed by atoms with van der Waals surface area (Å²) in [6.07, 6.45) is 9.63. The van der Waals surface area contributed by atoms with E-state index in [-0.39, 0.29) is 18.6 Å². The maximum Gasteiger partial charge on any atom is 0.279 e. The highest BCUT2D eigenvalue weighted by Gasteiger charge is 2.30. The van der Waals surface area contributed by atoms with Gasteiger partial charge in [0.1, 0.15) is 0 Å². The highest BCUT2D eigenvalue weighted by Crippen LogP contribution is 2.21. The van der Waals surface area contributed by atoms with Crippen LogP contribution in [0.25, 0.3) is 0 Å². The number of hydrogen-bond acceptors (Lipinski definition) is 3. The smallest absolute Gasteiger partial charge is 0.279 e. The van der Waals surface area contributed by atoms with Crippen molar-refractivity contribution >= 4 is 10.2 Å². The molecule has 2 N–H and O–H groups in total. The molecule has 2 fully saturated rings. The third-order valence-corrected chi connectivity index (χ3v) is 6.14. The maximum atomic E-state index is 12.4. The second-order valence-corrected chi connectivity index (χ2v) is 7.92. The van der Waals surface area contributed by atoms with Crippen LogP contribution in [-0.4, -0.2) is 43.6 Å². The third-order valence-electron chi connectivity index (χ3n) is 4.50. The Kier molecular flexibility index (Phi) is 6.26. The van der Waals surface area contributed by atoms with Crippen LogP contribution in [-0.2, 0) is 10.2 Å². The van der Waals surface area contributed by atoms with Gasteiger partial charge in [-0.1, -0.05) is 32.1 Å². The fourth-order valence-corrected chi connectivity index (χ4v) is 4.84. The fourth-order valence-electron chi connectivity index (χ4n) is 3.25. The summed E-state index contributed by atoms with van der Waals surface area (Å²) in [6.45, 7) is 1.12. The van der Waals surface area contributed by atoms with Crippen LogP contribution in [0.15, 0.2) is 0 Å². The molecule has 118 valence electrons. The van der Waals surface area contributed by atoms with Gasteiger partial charge in [-0.3, -0.25) is 0 Å². The summed E-state index contributed by atoms with van der Waals surface area (Å²) in [7, 11) is -3.38. The molecule has 0 bridgehead atoms. The van der Waals surface area contributed by atoms with E-state index < -0.39 is 10.2 Å². The summed E-state index contributed by atoms with van der Waals surface area (Å²) < 4.78 is 29.3. The van der Waals surface area contributed by atoms with Crippen molar-refractivity contribution in [1.29, 1.82) is 0 Å². The molecule has 1 atom stereocenters. The van der Waals surface area contributed by atoms with Crippen molar-refractivity contribution < 1.29 is 13.5 Å². The van der Waals surface area contributed by atoms with Gasteiger partial charge in [-0.05, 0) is 31.6 Å². The molecule has 2 rings (SSSR count).